The van der Waals surface area contributed by atoms with E-state index >= 15 is 0 Å². The Morgan fingerprint density at radius 3 is 2.79 bits per heavy atom. The fourth-order valence-electron chi connectivity index (χ4n) is 1.10. The molecule has 3 nitrogen and oxygen atoms in total. The molecule has 0 atom stereocenters. The van der Waals surface area contributed by atoms with Crippen LogP contribution in [0.1, 0.15) is 5.56 Å². The van der Waals surface area contributed by atoms with Crippen molar-refractivity contribution in [2.24, 2.45) is 0 Å². The summed E-state index contributed by atoms with van der Waals surface area (Å²) in [5.41, 5.74) is 1.89. The van der Waals surface area contributed by atoms with Gasteiger partial charge < -0.3 is 4.52 Å². The fourth-order valence-corrected chi connectivity index (χ4v) is 1.54. The van der Waals surface area contributed by atoms with Crippen molar-refractivity contribution in [2.45, 2.75) is 6.92 Å². The number of halogens is 2. The van der Waals surface area contributed by atoms with Gasteiger partial charge in [-0.3, -0.25) is 0 Å². The van der Waals surface area contributed by atoms with Crippen molar-refractivity contribution in [1.29, 1.82) is 0 Å². The molecule has 2 rings (SSSR count). The summed E-state index contributed by atoms with van der Waals surface area (Å²) in [5, 5.41) is 4.45. The Balaban J connectivity index is 2.47. The average molecular weight is 321 g/mol. The first-order chi connectivity index (χ1) is 6.66. The van der Waals surface area contributed by atoms with Crippen molar-refractivity contribution < 1.29 is 4.52 Å². The molecule has 0 saturated carbocycles. The molecule has 0 spiro atoms. The number of hydrogen-bond acceptors (Lipinski definition) is 3. The first-order valence-electron chi connectivity index (χ1n) is 3.92. The highest BCUT2D eigenvalue weighted by Gasteiger charge is 2.07. The highest BCUT2D eigenvalue weighted by Crippen LogP contribution is 2.23. The summed E-state index contributed by atoms with van der Waals surface area (Å²) >= 11 is 7.91. The van der Waals surface area contributed by atoms with Crippen molar-refractivity contribution in [3.8, 4) is 11.5 Å². The van der Waals surface area contributed by atoms with E-state index in [9.17, 15) is 0 Å². The van der Waals surface area contributed by atoms with Gasteiger partial charge in [0.25, 0.3) is 5.89 Å². The summed E-state index contributed by atoms with van der Waals surface area (Å²) in [4.78, 5) is 4.12. The van der Waals surface area contributed by atoms with Crippen LogP contribution in [0.25, 0.3) is 11.5 Å². The molecule has 0 aliphatic carbocycles. The minimum atomic E-state index is 0.522. The molecule has 0 fully saturated rings. The molecule has 0 aliphatic heterocycles. The van der Waals surface area contributed by atoms with Crippen LogP contribution in [-0.2, 0) is 0 Å². The summed E-state index contributed by atoms with van der Waals surface area (Å²) in [5.74, 6) is 0.522. The first-order valence-corrected chi connectivity index (χ1v) is 5.38. The first kappa shape index (κ1) is 9.92. The second-order valence-electron chi connectivity index (χ2n) is 2.83. The van der Waals surface area contributed by atoms with E-state index in [-0.39, 0.29) is 0 Å². The SMILES string of the molecule is Cc1cc(-c2nc(I)no2)ccc1Cl. The van der Waals surface area contributed by atoms with Crippen molar-refractivity contribution in [3.63, 3.8) is 0 Å². The predicted octanol–water partition coefficient (Wildman–Crippen LogP) is 3.30. The number of aryl methyl sites for hydroxylation is 1. The van der Waals surface area contributed by atoms with E-state index in [0.717, 1.165) is 16.1 Å². The molecule has 0 aliphatic rings. The third-order valence-electron chi connectivity index (χ3n) is 1.81. The second kappa shape index (κ2) is 3.86. The lowest BCUT2D eigenvalue weighted by atomic mass is 10.1. The molecule has 0 amide bonds. The van der Waals surface area contributed by atoms with Gasteiger partial charge in [-0.2, -0.15) is 4.98 Å². The van der Waals surface area contributed by atoms with Gasteiger partial charge in [0.15, 0.2) is 0 Å². The molecule has 14 heavy (non-hydrogen) atoms. The summed E-state index contributed by atoms with van der Waals surface area (Å²) < 4.78 is 5.64. The van der Waals surface area contributed by atoms with Gasteiger partial charge in [0, 0.05) is 33.2 Å². The van der Waals surface area contributed by atoms with E-state index in [1.165, 1.54) is 0 Å². The maximum absolute atomic E-state index is 5.91. The summed E-state index contributed by atoms with van der Waals surface area (Å²) in [7, 11) is 0. The Labute approximate surface area is 99.6 Å². The molecular weight excluding hydrogens is 314 g/mol. The van der Waals surface area contributed by atoms with Crippen LogP contribution in [0, 0.1) is 10.8 Å². The van der Waals surface area contributed by atoms with Gasteiger partial charge in [0.05, 0.1) is 0 Å². The molecule has 2 aromatic rings. The Hall–Kier alpha value is -0.620. The Kier molecular flexibility index (Phi) is 2.73. The number of aromatic nitrogens is 2. The molecular formula is C9H6ClIN2O. The molecule has 5 heteroatoms. The molecule has 0 radical (unpaired) electrons. The number of rotatable bonds is 1. The predicted molar refractivity (Wildman–Crippen MR) is 62.2 cm³/mol. The quantitative estimate of drug-likeness (QED) is 0.757. The zero-order valence-electron chi connectivity index (χ0n) is 7.29. The third-order valence-corrected chi connectivity index (χ3v) is 2.67. The molecule has 1 heterocycles. The van der Waals surface area contributed by atoms with Gasteiger partial charge >= 0.3 is 0 Å². The maximum atomic E-state index is 5.91. The standard InChI is InChI=1S/C9H6ClIN2O/c1-5-4-6(2-3-7(5)10)8-12-9(11)13-14-8/h2-4H,1H3. The normalized spacial score (nSPS) is 10.5. The third kappa shape index (κ3) is 1.90. The minimum absolute atomic E-state index is 0.522. The van der Waals surface area contributed by atoms with E-state index in [4.69, 9.17) is 16.1 Å². The number of benzene rings is 1. The van der Waals surface area contributed by atoms with Crippen molar-refractivity contribution in [2.75, 3.05) is 0 Å². The molecule has 0 unspecified atom stereocenters. The van der Waals surface area contributed by atoms with Gasteiger partial charge in [-0.15, -0.1) is 0 Å². The van der Waals surface area contributed by atoms with E-state index in [2.05, 4.69) is 10.1 Å². The smallest absolute Gasteiger partial charge is 0.258 e. The van der Waals surface area contributed by atoms with Gasteiger partial charge in [0.2, 0.25) is 3.83 Å². The van der Waals surface area contributed by atoms with E-state index in [1.807, 2.05) is 47.7 Å². The van der Waals surface area contributed by atoms with E-state index in [1.54, 1.807) is 0 Å². The van der Waals surface area contributed by atoms with Crippen LogP contribution >= 0.6 is 34.2 Å². The lowest BCUT2D eigenvalue weighted by Gasteiger charge is -1.98. The van der Waals surface area contributed by atoms with Gasteiger partial charge in [0.1, 0.15) is 0 Å². The van der Waals surface area contributed by atoms with Crippen molar-refractivity contribution in [1.82, 2.24) is 10.1 Å². The van der Waals surface area contributed by atoms with Gasteiger partial charge in [-0.1, -0.05) is 16.8 Å². The monoisotopic (exact) mass is 320 g/mol. The van der Waals surface area contributed by atoms with Crippen LogP contribution in [0.5, 0.6) is 0 Å². The van der Waals surface area contributed by atoms with Gasteiger partial charge in [-0.25, -0.2) is 0 Å². The van der Waals surface area contributed by atoms with E-state index in [0.29, 0.717) is 9.72 Å². The summed E-state index contributed by atoms with van der Waals surface area (Å²) in [6.45, 7) is 1.94. The van der Waals surface area contributed by atoms with Crippen LogP contribution in [-0.4, -0.2) is 10.1 Å². The lowest BCUT2D eigenvalue weighted by molar-refractivity contribution is 0.426. The summed E-state index contributed by atoms with van der Waals surface area (Å²) in [6.07, 6.45) is 0. The van der Waals surface area contributed by atoms with Crippen LogP contribution in [0.3, 0.4) is 0 Å². The molecule has 0 N–H and O–H groups in total. The Morgan fingerprint density at radius 2 is 2.21 bits per heavy atom. The number of hydrogen-bond donors (Lipinski definition) is 0. The van der Waals surface area contributed by atoms with Crippen LogP contribution in [0.2, 0.25) is 5.02 Å². The van der Waals surface area contributed by atoms with E-state index < -0.39 is 0 Å². The van der Waals surface area contributed by atoms with Crippen LogP contribution < -0.4 is 0 Å². The molecule has 72 valence electrons. The molecule has 1 aromatic heterocycles. The van der Waals surface area contributed by atoms with Gasteiger partial charge in [-0.05, 0) is 30.7 Å². The molecule has 0 saturated heterocycles. The van der Waals surface area contributed by atoms with Crippen LogP contribution in [0.15, 0.2) is 22.7 Å². The minimum Gasteiger partial charge on any atom is -0.333 e. The zero-order chi connectivity index (χ0) is 10.1. The highest BCUT2D eigenvalue weighted by molar-refractivity contribution is 14.1. The molecule has 0 bridgehead atoms. The second-order valence-corrected chi connectivity index (χ2v) is 4.20. The van der Waals surface area contributed by atoms with Crippen molar-refractivity contribution in [3.05, 3.63) is 32.6 Å². The summed E-state index contributed by atoms with van der Waals surface area (Å²) in [6, 6.07) is 5.61. The van der Waals surface area contributed by atoms with Crippen LogP contribution in [0.4, 0.5) is 0 Å². The molecule has 1 aromatic carbocycles. The fraction of sp³-hybridized carbons (Fsp3) is 0.111. The maximum Gasteiger partial charge on any atom is 0.258 e. The van der Waals surface area contributed by atoms with Crippen molar-refractivity contribution >= 4 is 34.2 Å². The Bertz CT molecular complexity index is 470. The Morgan fingerprint density at radius 1 is 1.43 bits per heavy atom. The average Bonchev–Trinajstić information content (AvgIpc) is 2.57. The number of nitrogens with zero attached hydrogens (tertiary/aromatic N) is 2. The zero-order valence-corrected chi connectivity index (χ0v) is 10.2. The highest BCUT2D eigenvalue weighted by atomic mass is 127. The topological polar surface area (TPSA) is 38.9 Å². The lowest BCUT2D eigenvalue weighted by Crippen LogP contribution is -1.81. The largest absolute Gasteiger partial charge is 0.333 e.